The van der Waals surface area contributed by atoms with Gasteiger partial charge in [0.25, 0.3) is 0 Å². The highest BCUT2D eigenvalue weighted by atomic mass is 32.1. The number of carbonyl (C=O) groups is 2. The van der Waals surface area contributed by atoms with Crippen LogP contribution in [0.25, 0.3) is 10.4 Å². The zero-order chi connectivity index (χ0) is 22.9. The fourth-order valence-electron chi connectivity index (χ4n) is 4.61. The highest BCUT2D eigenvalue weighted by Crippen LogP contribution is 2.29. The molecule has 2 aliphatic rings. The van der Waals surface area contributed by atoms with Crippen molar-refractivity contribution in [3.05, 3.63) is 70.9 Å². The van der Waals surface area contributed by atoms with Crippen LogP contribution in [0, 0.1) is 6.92 Å². The summed E-state index contributed by atoms with van der Waals surface area (Å²) < 4.78 is 0. The van der Waals surface area contributed by atoms with Crippen LogP contribution in [0.1, 0.15) is 23.2 Å². The number of anilines is 1. The van der Waals surface area contributed by atoms with Gasteiger partial charge in [-0.1, -0.05) is 42.5 Å². The smallest absolute Gasteiger partial charge is 0.246 e. The molecule has 0 saturated carbocycles. The Kier molecular flexibility index (Phi) is 5.86. The van der Waals surface area contributed by atoms with Gasteiger partial charge in [0.05, 0.1) is 22.2 Å². The summed E-state index contributed by atoms with van der Waals surface area (Å²) in [5.41, 5.74) is 6.96. The topological polar surface area (TPSA) is 94.6 Å². The van der Waals surface area contributed by atoms with Crippen LogP contribution in [0.3, 0.4) is 0 Å². The zero-order valence-corrected chi connectivity index (χ0v) is 19.1. The summed E-state index contributed by atoms with van der Waals surface area (Å²) in [6.07, 6.45) is 0.137. The standard InChI is InChI=1S/C25H26N4O3S/c1-15-23(33-14-27-15)17-8-6-16(7-9-17)12-26-24(31)22-11-19(30)13-29(22)25(32)21-10-18-4-2-3-5-20(18)28-21/h2-9,14,19,21-22,28,30H,10-13H2,1H3,(H,26,31). The van der Waals surface area contributed by atoms with Gasteiger partial charge in [-0.3, -0.25) is 9.59 Å². The molecule has 3 N–H and O–H groups in total. The number of amides is 2. The number of nitrogens with zero attached hydrogens (tertiary/aromatic N) is 2. The van der Waals surface area contributed by atoms with E-state index >= 15 is 0 Å². The molecular formula is C25H26N4O3S. The van der Waals surface area contributed by atoms with Crippen LogP contribution in [0.4, 0.5) is 5.69 Å². The van der Waals surface area contributed by atoms with Gasteiger partial charge in [-0.25, -0.2) is 4.98 Å². The number of likely N-dealkylation sites (tertiary alicyclic amines) is 1. The molecule has 0 spiro atoms. The monoisotopic (exact) mass is 462 g/mol. The molecule has 3 unspecified atom stereocenters. The van der Waals surface area contributed by atoms with Gasteiger partial charge in [0.1, 0.15) is 12.1 Å². The molecule has 0 radical (unpaired) electrons. The summed E-state index contributed by atoms with van der Waals surface area (Å²) in [6.45, 7) is 2.53. The van der Waals surface area contributed by atoms with Gasteiger partial charge in [0.15, 0.2) is 0 Å². The van der Waals surface area contributed by atoms with Gasteiger partial charge in [-0.2, -0.15) is 0 Å². The lowest BCUT2D eigenvalue weighted by Gasteiger charge is -2.26. The molecule has 0 bridgehead atoms. The van der Waals surface area contributed by atoms with Crippen LogP contribution in [0.5, 0.6) is 0 Å². The predicted molar refractivity (Wildman–Crippen MR) is 128 cm³/mol. The quantitative estimate of drug-likeness (QED) is 0.542. The number of para-hydroxylation sites is 1. The number of carbonyl (C=O) groups excluding carboxylic acids is 2. The van der Waals surface area contributed by atoms with Gasteiger partial charge >= 0.3 is 0 Å². The lowest BCUT2D eigenvalue weighted by molar-refractivity contribution is -0.139. The summed E-state index contributed by atoms with van der Waals surface area (Å²) in [5.74, 6) is -0.384. The molecule has 2 amide bonds. The van der Waals surface area contributed by atoms with Crippen LogP contribution in [-0.2, 0) is 22.6 Å². The van der Waals surface area contributed by atoms with E-state index < -0.39 is 18.2 Å². The summed E-state index contributed by atoms with van der Waals surface area (Å²) >= 11 is 1.61. The zero-order valence-electron chi connectivity index (χ0n) is 18.3. The largest absolute Gasteiger partial charge is 0.391 e. The predicted octanol–water partition coefficient (Wildman–Crippen LogP) is 2.73. The average Bonchev–Trinajstić information content (AvgIpc) is 3.55. The highest BCUT2D eigenvalue weighted by molar-refractivity contribution is 7.13. The van der Waals surface area contributed by atoms with E-state index in [9.17, 15) is 14.7 Å². The Labute approximate surface area is 196 Å². The fourth-order valence-corrected chi connectivity index (χ4v) is 5.42. The van der Waals surface area contributed by atoms with E-state index in [0.29, 0.717) is 13.0 Å². The summed E-state index contributed by atoms with van der Waals surface area (Å²) in [7, 11) is 0. The Morgan fingerprint density at radius 1 is 1.21 bits per heavy atom. The number of hydrogen-bond donors (Lipinski definition) is 3. The minimum atomic E-state index is -0.699. The number of aryl methyl sites for hydroxylation is 1. The third-order valence-corrected chi connectivity index (χ3v) is 7.34. The normalized spacial score (nSPS) is 21.5. The SMILES string of the molecule is Cc1ncsc1-c1ccc(CNC(=O)C2CC(O)CN2C(=O)C2Cc3ccccc3N2)cc1. The minimum Gasteiger partial charge on any atom is -0.391 e. The lowest BCUT2D eigenvalue weighted by Crippen LogP contribution is -2.50. The molecule has 3 heterocycles. The molecule has 3 atom stereocenters. The summed E-state index contributed by atoms with van der Waals surface area (Å²) in [5, 5.41) is 16.4. The average molecular weight is 463 g/mol. The van der Waals surface area contributed by atoms with E-state index in [-0.39, 0.29) is 24.8 Å². The maximum Gasteiger partial charge on any atom is 0.246 e. The molecular weight excluding hydrogens is 436 g/mol. The van der Waals surface area contributed by atoms with E-state index in [1.165, 1.54) is 4.90 Å². The second-order valence-corrected chi connectivity index (χ2v) is 9.49. The molecule has 8 heteroatoms. The van der Waals surface area contributed by atoms with Crippen molar-refractivity contribution in [2.75, 3.05) is 11.9 Å². The lowest BCUT2D eigenvalue weighted by atomic mass is 10.1. The van der Waals surface area contributed by atoms with Crippen LogP contribution in [0.2, 0.25) is 0 Å². The van der Waals surface area contributed by atoms with Crippen molar-refractivity contribution < 1.29 is 14.7 Å². The van der Waals surface area contributed by atoms with Crippen molar-refractivity contribution in [3.8, 4) is 10.4 Å². The maximum absolute atomic E-state index is 13.2. The highest BCUT2D eigenvalue weighted by Gasteiger charge is 2.42. The Morgan fingerprint density at radius 2 is 2.00 bits per heavy atom. The van der Waals surface area contributed by atoms with Crippen LogP contribution in [0.15, 0.2) is 54.0 Å². The van der Waals surface area contributed by atoms with Crippen molar-refractivity contribution in [2.24, 2.45) is 0 Å². The van der Waals surface area contributed by atoms with E-state index in [1.807, 2.05) is 61.0 Å². The Hall–Kier alpha value is -3.23. The van der Waals surface area contributed by atoms with Gasteiger partial charge < -0.3 is 20.6 Å². The van der Waals surface area contributed by atoms with Gasteiger partial charge in [-0.05, 0) is 29.7 Å². The molecule has 170 valence electrons. The Morgan fingerprint density at radius 3 is 2.73 bits per heavy atom. The van der Waals surface area contributed by atoms with Crippen molar-refractivity contribution >= 4 is 28.8 Å². The Bertz CT molecular complexity index is 1150. The molecule has 1 fully saturated rings. The van der Waals surface area contributed by atoms with E-state index in [2.05, 4.69) is 15.6 Å². The third-order valence-electron chi connectivity index (χ3n) is 6.36. The van der Waals surface area contributed by atoms with Crippen molar-refractivity contribution in [1.29, 1.82) is 0 Å². The maximum atomic E-state index is 13.2. The van der Waals surface area contributed by atoms with E-state index in [0.717, 1.165) is 32.9 Å². The number of hydrogen-bond acceptors (Lipinski definition) is 6. The molecule has 33 heavy (non-hydrogen) atoms. The summed E-state index contributed by atoms with van der Waals surface area (Å²) in [6, 6.07) is 14.8. The van der Waals surface area contributed by atoms with Crippen LogP contribution in [-0.4, -0.2) is 51.5 Å². The molecule has 5 rings (SSSR count). The molecule has 2 aliphatic heterocycles. The number of benzene rings is 2. The van der Waals surface area contributed by atoms with Crippen LogP contribution >= 0.6 is 11.3 Å². The molecule has 1 aromatic heterocycles. The number of aliphatic hydroxyl groups is 1. The fraction of sp³-hybridized carbons (Fsp3) is 0.320. The summed E-state index contributed by atoms with van der Waals surface area (Å²) in [4.78, 5) is 33.1. The second-order valence-electron chi connectivity index (χ2n) is 8.64. The molecule has 7 nitrogen and oxygen atoms in total. The first-order valence-corrected chi connectivity index (χ1v) is 12.0. The number of nitrogens with one attached hydrogen (secondary N) is 2. The van der Waals surface area contributed by atoms with Crippen molar-refractivity contribution in [2.45, 2.75) is 44.5 Å². The second kappa shape index (κ2) is 8.96. The number of β-amino-alcohol motifs (C(OH)–C–C–N with tert-alkyl or cyclic N) is 1. The first-order valence-electron chi connectivity index (χ1n) is 11.1. The molecule has 0 aliphatic carbocycles. The third kappa shape index (κ3) is 4.36. The number of fused-ring (bicyclic) bond motifs is 1. The first kappa shape index (κ1) is 21.6. The number of aliphatic hydroxyl groups excluding tert-OH is 1. The van der Waals surface area contributed by atoms with E-state index in [4.69, 9.17) is 0 Å². The van der Waals surface area contributed by atoms with E-state index in [1.54, 1.807) is 11.3 Å². The van der Waals surface area contributed by atoms with Crippen molar-refractivity contribution in [1.82, 2.24) is 15.2 Å². The minimum absolute atomic E-state index is 0.146. The molecule has 3 aromatic rings. The number of aromatic nitrogens is 1. The van der Waals surface area contributed by atoms with Gasteiger partial charge in [0, 0.05) is 31.6 Å². The first-order chi connectivity index (χ1) is 16.0. The van der Waals surface area contributed by atoms with Gasteiger partial charge in [0.2, 0.25) is 11.8 Å². The van der Waals surface area contributed by atoms with Gasteiger partial charge in [-0.15, -0.1) is 11.3 Å². The number of rotatable bonds is 5. The number of thiazole rings is 1. The Balaban J connectivity index is 1.21. The van der Waals surface area contributed by atoms with Crippen molar-refractivity contribution in [3.63, 3.8) is 0 Å². The van der Waals surface area contributed by atoms with Crippen LogP contribution < -0.4 is 10.6 Å². The molecule has 1 saturated heterocycles. The molecule has 2 aromatic carbocycles.